The molecule has 1 aromatic carbocycles. The van der Waals surface area contributed by atoms with Crippen molar-refractivity contribution in [3.8, 4) is 17.6 Å². The third kappa shape index (κ3) is 4.67. The number of sulfone groups is 1. The Morgan fingerprint density at radius 2 is 1.92 bits per heavy atom. The molecule has 0 spiro atoms. The number of likely N-dealkylation sites (tertiary alicyclic amines) is 2. The first-order chi connectivity index (χ1) is 18.3. The van der Waals surface area contributed by atoms with E-state index in [1.54, 1.807) is 6.92 Å². The van der Waals surface area contributed by atoms with Gasteiger partial charge in [-0.1, -0.05) is 12.0 Å². The number of aryl methyl sites for hydroxylation is 1. The minimum atomic E-state index is -2.99. The van der Waals surface area contributed by atoms with Crippen molar-refractivity contribution >= 4 is 33.1 Å². The Balaban J connectivity index is 1.16. The summed E-state index contributed by atoms with van der Waals surface area (Å²) < 4.78 is 30.1. The van der Waals surface area contributed by atoms with Crippen LogP contribution < -0.4 is 15.0 Å². The fourth-order valence-electron chi connectivity index (χ4n) is 5.87. The van der Waals surface area contributed by atoms with Gasteiger partial charge in [-0.2, -0.15) is 0 Å². The zero-order chi connectivity index (χ0) is 26.4. The van der Waals surface area contributed by atoms with E-state index in [4.69, 9.17) is 4.74 Å². The fraction of sp³-hybridized carbons (Fsp3) is 0.519. The van der Waals surface area contributed by atoms with Crippen molar-refractivity contribution < 1.29 is 17.9 Å². The van der Waals surface area contributed by atoms with Crippen molar-refractivity contribution in [3.05, 3.63) is 35.2 Å². The number of nitrogens with one attached hydrogen (secondary N) is 1. The highest BCUT2D eigenvalue weighted by Crippen LogP contribution is 2.42. The average molecular weight is 537 g/mol. The van der Waals surface area contributed by atoms with Gasteiger partial charge in [0.05, 0.1) is 22.8 Å². The Hall–Kier alpha value is -3.36. The lowest BCUT2D eigenvalue weighted by atomic mass is 9.88. The molecule has 5 heterocycles. The molecule has 4 aliphatic rings. The van der Waals surface area contributed by atoms with Crippen LogP contribution in [-0.4, -0.2) is 90.9 Å². The lowest BCUT2D eigenvalue weighted by Gasteiger charge is -2.43. The van der Waals surface area contributed by atoms with Gasteiger partial charge in [0.2, 0.25) is 0 Å². The molecule has 0 bridgehead atoms. The van der Waals surface area contributed by atoms with E-state index in [2.05, 4.69) is 51.1 Å². The Morgan fingerprint density at radius 3 is 2.68 bits per heavy atom. The van der Waals surface area contributed by atoms with Crippen LogP contribution in [0.5, 0.6) is 5.75 Å². The van der Waals surface area contributed by atoms with Crippen LogP contribution in [0.4, 0.5) is 17.3 Å². The Bertz CT molecular complexity index is 1430. The molecule has 0 unspecified atom stereocenters. The standard InChI is InChI=1S/C27H32N6O4S/c1-3-4-24(34)32-6-5-21(15-32)33-13-20(14-33)19-11-18(2)25-23(12-19)30-26-22(16-37-25)27(29-17-28-26)31-7-9-38(35,36)10-8-31/h11-12,17,20-21H,5-10,13-16H2,1-2H3,(H,28,29,30)/t21-/m1/s1. The predicted molar refractivity (Wildman–Crippen MR) is 144 cm³/mol. The lowest BCUT2D eigenvalue weighted by Crippen LogP contribution is -2.51. The number of carbonyl (C=O) groups excluding carboxylic acids is 1. The van der Waals surface area contributed by atoms with Crippen molar-refractivity contribution in [2.45, 2.75) is 38.8 Å². The van der Waals surface area contributed by atoms with E-state index in [1.807, 2.05) is 9.80 Å². The quantitative estimate of drug-likeness (QED) is 0.586. The maximum atomic E-state index is 12.1. The van der Waals surface area contributed by atoms with Crippen LogP contribution in [0.25, 0.3) is 0 Å². The Morgan fingerprint density at radius 1 is 1.13 bits per heavy atom. The molecule has 11 heteroatoms. The molecular formula is C27H32N6O4S. The molecule has 6 rings (SSSR count). The second kappa shape index (κ2) is 9.75. The van der Waals surface area contributed by atoms with Crippen LogP contribution in [-0.2, 0) is 21.2 Å². The summed E-state index contributed by atoms with van der Waals surface area (Å²) in [4.78, 5) is 27.4. The van der Waals surface area contributed by atoms with Crippen LogP contribution in [0.1, 0.15) is 36.0 Å². The van der Waals surface area contributed by atoms with Gasteiger partial charge in [-0.05, 0) is 43.4 Å². The van der Waals surface area contributed by atoms with Crippen LogP contribution in [0.15, 0.2) is 18.5 Å². The molecule has 3 saturated heterocycles. The highest BCUT2D eigenvalue weighted by atomic mass is 32.2. The first-order valence-corrected chi connectivity index (χ1v) is 14.9. The number of hydrogen-bond donors (Lipinski definition) is 1. The molecule has 0 radical (unpaired) electrons. The third-order valence-electron chi connectivity index (χ3n) is 8.06. The van der Waals surface area contributed by atoms with E-state index < -0.39 is 9.84 Å². The average Bonchev–Trinajstić information content (AvgIpc) is 3.25. The lowest BCUT2D eigenvalue weighted by molar-refractivity contribution is -0.124. The van der Waals surface area contributed by atoms with E-state index in [9.17, 15) is 13.2 Å². The molecule has 1 aromatic heterocycles. The van der Waals surface area contributed by atoms with Gasteiger partial charge < -0.3 is 19.9 Å². The van der Waals surface area contributed by atoms with Crippen LogP contribution in [0, 0.1) is 18.8 Å². The van der Waals surface area contributed by atoms with Gasteiger partial charge >= 0.3 is 0 Å². The Labute approximate surface area is 223 Å². The molecule has 4 aliphatic heterocycles. The maximum absolute atomic E-state index is 12.1. The van der Waals surface area contributed by atoms with E-state index in [1.165, 1.54) is 11.9 Å². The van der Waals surface area contributed by atoms with Gasteiger partial charge in [-0.3, -0.25) is 9.69 Å². The van der Waals surface area contributed by atoms with Gasteiger partial charge in [0.1, 0.15) is 30.3 Å². The normalized spacial score (nSPS) is 22.6. The summed E-state index contributed by atoms with van der Waals surface area (Å²) in [7, 11) is -2.99. The Kier molecular flexibility index (Phi) is 6.40. The number of fused-ring (bicyclic) bond motifs is 2. The summed E-state index contributed by atoms with van der Waals surface area (Å²) in [5.74, 6) is 8.19. The zero-order valence-corrected chi connectivity index (χ0v) is 22.6. The summed E-state index contributed by atoms with van der Waals surface area (Å²) >= 11 is 0. The number of ether oxygens (including phenoxy) is 1. The van der Waals surface area contributed by atoms with E-state index in [0.717, 1.165) is 61.0 Å². The molecule has 0 aliphatic carbocycles. The monoisotopic (exact) mass is 536 g/mol. The van der Waals surface area contributed by atoms with E-state index in [-0.39, 0.29) is 17.4 Å². The third-order valence-corrected chi connectivity index (χ3v) is 9.67. The first kappa shape index (κ1) is 24.9. The molecule has 3 fully saturated rings. The number of rotatable bonds is 3. The van der Waals surface area contributed by atoms with Gasteiger partial charge in [-0.25, -0.2) is 18.4 Å². The van der Waals surface area contributed by atoms with Gasteiger partial charge in [0, 0.05) is 51.2 Å². The summed E-state index contributed by atoms with van der Waals surface area (Å²) in [5, 5.41) is 3.49. The molecule has 1 N–H and O–H groups in total. The fourth-order valence-corrected chi connectivity index (χ4v) is 7.07. The molecule has 2 aromatic rings. The van der Waals surface area contributed by atoms with Gasteiger partial charge in [-0.15, -0.1) is 0 Å². The SMILES string of the molecule is CC#CC(=O)N1CC[C@@H](N2CC(c3cc(C)c4c(c3)Nc3ncnc(N5CCS(=O)(=O)CC5)c3CO4)C2)C1. The molecule has 10 nitrogen and oxygen atoms in total. The van der Waals surface area contributed by atoms with Gasteiger partial charge in [0.25, 0.3) is 5.91 Å². The number of hydrogen-bond acceptors (Lipinski definition) is 9. The van der Waals surface area contributed by atoms with Crippen molar-refractivity contribution in [1.82, 2.24) is 19.8 Å². The number of benzene rings is 1. The van der Waals surface area contributed by atoms with Gasteiger partial charge in [0.15, 0.2) is 9.84 Å². The smallest absolute Gasteiger partial charge is 0.298 e. The summed E-state index contributed by atoms with van der Waals surface area (Å²) in [6.45, 7) is 8.35. The summed E-state index contributed by atoms with van der Waals surface area (Å²) in [6.07, 6.45) is 2.52. The number of carbonyl (C=O) groups is 1. The number of anilines is 3. The molecular weight excluding hydrogens is 504 g/mol. The topological polar surface area (TPSA) is 108 Å². The summed E-state index contributed by atoms with van der Waals surface area (Å²) in [5.41, 5.74) is 4.05. The van der Waals surface area contributed by atoms with Crippen molar-refractivity contribution in [2.24, 2.45) is 0 Å². The second-order valence-corrected chi connectivity index (χ2v) is 12.8. The van der Waals surface area contributed by atoms with Crippen molar-refractivity contribution in [2.75, 3.05) is 61.0 Å². The molecule has 38 heavy (non-hydrogen) atoms. The highest BCUT2D eigenvalue weighted by molar-refractivity contribution is 7.91. The molecule has 0 saturated carbocycles. The number of nitrogens with zero attached hydrogens (tertiary/aromatic N) is 5. The van der Waals surface area contributed by atoms with E-state index >= 15 is 0 Å². The number of aromatic nitrogens is 2. The van der Waals surface area contributed by atoms with E-state index in [0.29, 0.717) is 37.5 Å². The summed E-state index contributed by atoms with van der Waals surface area (Å²) in [6, 6.07) is 4.77. The highest BCUT2D eigenvalue weighted by Gasteiger charge is 2.38. The molecule has 200 valence electrons. The van der Waals surface area contributed by atoms with Crippen molar-refractivity contribution in [3.63, 3.8) is 0 Å². The van der Waals surface area contributed by atoms with Crippen LogP contribution >= 0.6 is 0 Å². The zero-order valence-electron chi connectivity index (χ0n) is 21.7. The van der Waals surface area contributed by atoms with Crippen LogP contribution in [0.3, 0.4) is 0 Å². The maximum Gasteiger partial charge on any atom is 0.298 e. The first-order valence-electron chi connectivity index (χ1n) is 13.1. The van der Waals surface area contributed by atoms with Crippen LogP contribution in [0.2, 0.25) is 0 Å². The predicted octanol–water partition coefficient (Wildman–Crippen LogP) is 1.68. The minimum absolute atomic E-state index is 0.0721. The van der Waals surface area contributed by atoms with Crippen molar-refractivity contribution in [1.29, 1.82) is 0 Å². The molecule has 1 atom stereocenters. The molecule has 1 amide bonds. The number of amides is 1. The largest absolute Gasteiger partial charge is 0.486 e. The second-order valence-electron chi connectivity index (χ2n) is 10.5. The minimum Gasteiger partial charge on any atom is -0.486 e.